The third-order valence-electron chi connectivity index (χ3n) is 2.47. The zero-order valence-corrected chi connectivity index (χ0v) is 7.68. The van der Waals surface area contributed by atoms with Gasteiger partial charge in [0, 0.05) is 29.9 Å². The minimum atomic E-state index is 0.643. The number of hydrogen-bond donors (Lipinski definition) is 0. The Balaban J connectivity index is 1.96. The van der Waals surface area contributed by atoms with Crippen LogP contribution in [0, 0.1) is 0 Å². The van der Waals surface area contributed by atoms with Crippen molar-refractivity contribution in [3.8, 4) is 11.3 Å². The molecule has 2 aromatic heterocycles. The number of nitrogens with zero attached hydrogens (tertiary/aromatic N) is 2. The lowest BCUT2D eigenvalue weighted by Gasteiger charge is -1.90. The molecule has 2 aromatic rings. The molecule has 0 bridgehead atoms. The lowest BCUT2D eigenvalue weighted by Crippen LogP contribution is -1.75. The molecular formula is C11H10N2O. The Bertz CT molecular complexity index is 432. The normalized spacial score (nSPS) is 15.7. The van der Waals surface area contributed by atoms with Gasteiger partial charge in [0.25, 0.3) is 0 Å². The summed E-state index contributed by atoms with van der Waals surface area (Å²) in [6.45, 7) is 0. The van der Waals surface area contributed by atoms with Crippen LogP contribution in [-0.2, 0) is 0 Å². The Hall–Kier alpha value is -1.64. The molecule has 1 aliphatic carbocycles. The van der Waals surface area contributed by atoms with E-state index < -0.39 is 0 Å². The van der Waals surface area contributed by atoms with Gasteiger partial charge in [0.2, 0.25) is 0 Å². The van der Waals surface area contributed by atoms with Crippen molar-refractivity contribution in [2.24, 2.45) is 0 Å². The van der Waals surface area contributed by atoms with Gasteiger partial charge in [-0.1, -0.05) is 5.16 Å². The van der Waals surface area contributed by atoms with E-state index in [2.05, 4.69) is 10.1 Å². The van der Waals surface area contributed by atoms with Crippen molar-refractivity contribution in [1.29, 1.82) is 0 Å². The van der Waals surface area contributed by atoms with E-state index in [1.54, 1.807) is 12.4 Å². The topological polar surface area (TPSA) is 38.9 Å². The van der Waals surface area contributed by atoms with Gasteiger partial charge in [-0.25, -0.2) is 0 Å². The summed E-state index contributed by atoms with van der Waals surface area (Å²) in [4.78, 5) is 4.04. The predicted molar refractivity (Wildman–Crippen MR) is 51.7 cm³/mol. The first-order valence-corrected chi connectivity index (χ1v) is 4.80. The molecule has 0 aliphatic heterocycles. The summed E-state index contributed by atoms with van der Waals surface area (Å²) >= 11 is 0. The van der Waals surface area contributed by atoms with Crippen LogP contribution in [0.3, 0.4) is 0 Å². The summed E-state index contributed by atoms with van der Waals surface area (Å²) in [5, 5.41) is 4.05. The van der Waals surface area contributed by atoms with Gasteiger partial charge in [-0.15, -0.1) is 0 Å². The molecule has 3 nitrogen and oxygen atoms in total. The van der Waals surface area contributed by atoms with Gasteiger partial charge >= 0.3 is 0 Å². The third-order valence-corrected chi connectivity index (χ3v) is 2.47. The van der Waals surface area contributed by atoms with E-state index in [4.69, 9.17) is 4.52 Å². The van der Waals surface area contributed by atoms with Gasteiger partial charge in [-0.2, -0.15) is 0 Å². The highest BCUT2D eigenvalue weighted by atomic mass is 16.5. The van der Waals surface area contributed by atoms with Crippen molar-refractivity contribution in [2.75, 3.05) is 0 Å². The van der Waals surface area contributed by atoms with E-state index in [-0.39, 0.29) is 0 Å². The summed E-state index contributed by atoms with van der Waals surface area (Å²) in [5.74, 6) is 1.46. The molecule has 70 valence electrons. The number of hydrogen-bond acceptors (Lipinski definition) is 3. The van der Waals surface area contributed by atoms with E-state index >= 15 is 0 Å². The molecule has 14 heavy (non-hydrogen) atoms. The van der Waals surface area contributed by atoms with E-state index in [1.165, 1.54) is 12.8 Å². The molecule has 0 aromatic carbocycles. The van der Waals surface area contributed by atoms with Crippen molar-refractivity contribution in [2.45, 2.75) is 18.8 Å². The van der Waals surface area contributed by atoms with Crippen LogP contribution in [0.2, 0.25) is 0 Å². The van der Waals surface area contributed by atoms with Gasteiger partial charge < -0.3 is 4.52 Å². The first-order chi connectivity index (χ1) is 6.93. The summed E-state index contributed by atoms with van der Waals surface area (Å²) in [5.41, 5.74) is 2.08. The Morgan fingerprint density at radius 1 is 1.36 bits per heavy atom. The highest BCUT2D eigenvalue weighted by Gasteiger charge is 2.27. The second-order valence-electron chi connectivity index (χ2n) is 3.63. The molecule has 3 rings (SSSR count). The Kier molecular flexibility index (Phi) is 1.63. The van der Waals surface area contributed by atoms with Gasteiger partial charge in [0.15, 0.2) is 5.76 Å². The van der Waals surface area contributed by atoms with Crippen LogP contribution >= 0.6 is 0 Å². The second-order valence-corrected chi connectivity index (χ2v) is 3.63. The zero-order chi connectivity index (χ0) is 9.38. The van der Waals surface area contributed by atoms with Gasteiger partial charge in [-0.3, -0.25) is 4.98 Å². The molecular weight excluding hydrogens is 176 g/mol. The molecule has 1 aliphatic rings. The van der Waals surface area contributed by atoms with Crippen LogP contribution in [0.15, 0.2) is 35.1 Å². The first-order valence-electron chi connectivity index (χ1n) is 4.80. The van der Waals surface area contributed by atoms with Crippen molar-refractivity contribution in [3.63, 3.8) is 0 Å². The van der Waals surface area contributed by atoms with Crippen LogP contribution in [0.25, 0.3) is 11.3 Å². The Morgan fingerprint density at radius 3 is 3.00 bits per heavy atom. The molecule has 0 amide bonds. The van der Waals surface area contributed by atoms with E-state index in [1.807, 2.05) is 18.2 Å². The standard InChI is InChI=1S/C11H10N2O/c1-2-9(7-12-5-1)11-6-10(13-14-11)8-3-4-8/h1-2,5-8H,3-4H2. The van der Waals surface area contributed by atoms with Crippen LogP contribution in [0.4, 0.5) is 0 Å². The predicted octanol–water partition coefficient (Wildman–Crippen LogP) is 2.61. The van der Waals surface area contributed by atoms with Gasteiger partial charge in [-0.05, 0) is 25.0 Å². The van der Waals surface area contributed by atoms with E-state index in [0.29, 0.717) is 5.92 Å². The highest BCUT2D eigenvalue weighted by molar-refractivity contribution is 5.55. The highest BCUT2D eigenvalue weighted by Crippen LogP contribution is 2.40. The van der Waals surface area contributed by atoms with Crippen LogP contribution in [0.5, 0.6) is 0 Å². The van der Waals surface area contributed by atoms with Crippen molar-refractivity contribution < 1.29 is 4.52 Å². The molecule has 0 spiro atoms. The van der Waals surface area contributed by atoms with Crippen molar-refractivity contribution in [1.82, 2.24) is 10.1 Å². The average Bonchev–Trinajstić information content (AvgIpc) is 2.98. The maximum absolute atomic E-state index is 5.26. The summed E-state index contributed by atoms with van der Waals surface area (Å²) < 4.78 is 5.26. The fourth-order valence-corrected chi connectivity index (χ4v) is 1.50. The number of aromatic nitrogens is 2. The SMILES string of the molecule is c1cncc(-c2cc(C3CC3)no2)c1. The minimum absolute atomic E-state index is 0.643. The average molecular weight is 186 g/mol. The first kappa shape index (κ1) is 7.74. The molecule has 1 fully saturated rings. The van der Waals surface area contributed by atoms with Crippen molar-refractivity contribution in [3.05, 3.63) is 36.3 Å². The summed E-state index contributed by atoms with van der Waals surface area (Å²) in [6.07, 6.45) is 6.04. The molecule has 0 saturated heterocycles. The molecule has 0 radical (unpaired) electrons. The lowest BCUT2D eigenvalue weighted by atomic mass is 10.2. The lowest BCUT2D eigenvalue weighted by molar-refractivity contribution is 0.423. The molecule has 0 atom stereocenters. The fraction of sp³-hybridized carbons (Fsp3) is 0.273. The monoisotopic (exact) mass is 186 g/mol. The fourth-order valence-electron chi connectivity index (χ4n) is 1.50. The number of rotatable bonds is 2. The van der Waals surface area contributed by atoms with Crippen LogP contribution < -0.4 is 0 Å². The van der Waals surface area contributed by atoms with Crippen molar-refractivity contribution >= 4 is 0 Å². The molecule has 2 heterocycles. The maximum atomic E-state index is 5.26. The minimum Gasteiger partial charge on any atom is -0.356 e. The zero-order valence-electron chi connectivity index (χ0n) is 7.68. The van der Waals surface area contributed by atoms with Gasteiger partial charge in [0.1, 0.15) is 0 Å². The number of pyridine rings is 1. The molecule has 0 N–H and O–H groups in total. The van der Waals surface area contributed by atoms with Gasteiger partial charge in [0.05, 0.1) is 5.69 Å². The summed E-state index contributed by atoms with van der Waals surface area (Å²) in [7, 11) is 0. The Morgan fingerprint density at radius 2 is 2.29 bits per heavy atom. The molecule has 1 saturated carbocycles. The largest absolute Gasteiger partial charge is 0.356 e. The Labute approximate surface area is 81.8 Å². The quantitative estimate of drug-likeness (QED) is 0.723. The molecule has 3 heteroatoms. The van der Waals surface area contributed by atoms with Crippen LogP contribution in [-0.4, -0.2) is 10.1 Å². The summed E-state index contributed by atoms with van der Waals surface area (Å²) in [6, 6.07) is 5.90. The smallest absolute Gasteiger partial charge is 0.168 e. The maximum Gasteiger partial charge on any atom is 0.168 e. The third kappa shape index (κ3) is 1.31. The van der Waals surface area contributed by atoms with Crippen LogP contribution in [0.1, 0.15) is 24.5 Å². The molecule has 0 unspecified atom stereocenters. The second kappa shape index (κ2) is 2.94. The van der Waals surface area contributed by atoms with E-state index in [9.17, 15) is 0 Å². The van der Waals surface area contributed by atoms with E-state index in [0.717, 1.165) is 17.0 Å².